The summed E-state index contributed by atoms with van der Waals surface area (Å²) in [6.45, 7) is 4.93. The predicted molar refractivity (Wildman–Crippen MR) is 112 cm³/mol. The highest BCUT2D eigenvalue weighted by molar-refractivity contribution is 5.79. The number of para-hydroxylation sites is 1. The van der Waals surface area contributed by atoms with Gasteiger partial charge < -0.3 is 19.9 Å². The summed E-state index contributed by atoms with van der Waals surface area (Å²) >= 11 is 0. The number of nitrogens with zero attached hydrogens (tertiary/aromatic N) is 3. The summed E-state index contributed by atoms with van der Waals surface area (Å²) in [7, 11) is 1.69. The molecule has 28 heavy (non-hydrogen) atoms. The number of ether oxygens (including phenoxy) is 1. The number of rotatable bonds is 8. The van der Waals surface area contributed by atoms with E-state index in [9.17, 15) is 0 Å². The molecule has 146 valence electrons. The van der Waals surface area contributed by atoms with Crippen molar-refractivity contribution in [2.45, 2.75) is 26.6 Å². The van der Waals surface area contributed by atoms with Gasteiger partial charge in [0.2, 0.25) is 0 Å². The fraction of sp³-hybridized carbons (Fsp3) is 0.273. The van der Waals surface area contributed by atoms with E-state index in [4.69, 9.17) is 9.73 Å². The molecule has 0 radical (unpaired) electrons. The first-order valence-corrected chi connectivity index (χ1v) is 9.46. The van der Waals surface area contributed by atoms with Crippen LogP contribution in [0.1, 0.15) is 23.6 Å². The zero-order chi connectivity index (χ0) is 19.6. The van der Waals surface area contributed by atoms with E-state index < -0.39 is 0 Å². The molecular formula is C22H27N5O. The van der Waals surface area contributed by atoms with Gasteiger partial charge in [0.05, 0.1) is 20.0 Å². The molecule has 3 rings (SSSR count). The van der Waals surface area contributed by atoms with Gasteiger partial charge >= 0.3 is 0 Å². The third-order valence-electron chi connectivity index (χ3n) is 4.32. The van der Waals surface area contributed by atoms with Crippen molar-refractivity contribution in [3.63, 3.8) is 0 Å². The zero-order valence-corrected chi connectivity index (χ0v) is 16.4. The van der Waals surface area contributed by atoms with E-state index in [2.05, 4.69) is 57.4 Å². The molecule has 6 nitrogen and oxygen atoms in total. The lowest BCUT2D eigenvalue weighted by molar-refractivity contribution is 0.409. The van der Waals surface area contributed by atoms with Gasteiger partial charge in [0.25, 0.3) is 0 Å². The maximum Gasteiger partial charge on any atom is 0.191 e. The lowest BCUT2D eigenvalue weighted by Gasteiger charge is -2.13. The Morgan fingerprint density at radius 3 is 2.75 bits per heavy atom. The third-order valence-corrected chi connectivity index (χ3v) is 4.32. The second-order valence-corrected chi connectivity index (χ2v) is 6.42. The van der Waals surface area contributed by atoms with Crippen molar-refractivity contribution in [3.8, 4) is 5.75 Å². The molecule has 0 aliphatic carbocycles. The van der Waals surface area contributed by atoms with E-state index in [0.29, 0.717) is 13.1 Å². The molecule has 6 heteroatoms. The Hall–Kier alpha value is -3.28. The summed E-state index contributed by atoms with van der Waals surface area (Å²) in [6.07, 6.45) is 5.59. The van der Waals surface area contributed by atoms with E-state index >= 15 is 0 Å². The summed E-state index contributed by atoms with van der Waals surface area (Å²) in [5, 5.41) is 6.68. The molecule has 0 saturated carbocycles. The minimum absolute atomic E-state index is 0.610. The Labute approximate surface area is 166 Å². The highest BCUT2D eigenvalue weighted by Crippen LogP contribution is 2.16. The highest BCUT2D eigenvalue weighted by atomic mass is 16.5. The minimum Gasteiger partial charge on any atom is -0.496 e. The van der Waals surface area contributed by atoms with Crippen LogP contribution < -0.4 is 15.4 Å². The van der Waals surface area contributed by atoms with Crippen molar-refractivity contribution in [1.82, 2.24) is 20.2 Å². The van der Waals surface area contributed by atoms with Gasteiger partial charge in [-0.25, -0.2) is 9.98 Å². The van der Waals surface area contributed by atoms with Crippen LogP contribution in [0.5, 0.6) is 5.75 Å². The monoisotopic (exact) mass is 377 g/mol. The van der Waals surface area contributed by atoms with Gasteiger partial charge in [-0.05, 0) is 24.1 Å². The number of aliphatic imine (C=N–C) groups is 1. The second kappa shape index (κ2) is 10.2. The molecule has 0 aliphatic rings. The number of aromatic nitrogens is 2. The molecule has 0 bridgehead atoms. The summed E-state index contributed by atoms with van der Waals surface area (Å²) < 4.78 is 7.47. The lowest BCUT2D eigenvalue weighted by Crippen LogP contribution is -2.36. The van der Waals surface area contributed by atoms with Crippen LogP contribution in [0.25, 0.3) is 0 Å². The van der Waals surface area contributed by atoms with Crippen LogP contribution in [0.2, 0.25) is 0 Å². The molecule has 3 aromatic rings. The van der Waals surface area contributed by atoms with Crippen molar-refractivity contribution in [3.05, 3.63) is 83.9 Å². The molecule has 2 aromatic carbocycles. The van der Waals surface area contributed by atoms with Gasteiger partial charge in [0.1, 0.15) is 5.75 Å². The van der Waals surface area contributed by atoms with Crippen LogP contribution in [0.3, 0.4) is 0 Å². The molecule has 0 amide bonds. The summed E-state index contributed by atoms with van der Waals surface area (Å²) in [6, 6.07) is 16.5. The molecule has 0 saturated heterocycles. The Balaban J connectivity index is 1.64. The molecule has 2 N–H and O–H groups in total. The van der Waals surface area contributed by atoms with Gasteiger partial charge in [0.15, 0.2) is 5.96 Å². The molecule has 0 spiro atoms. The summed E-state index contributed by atoms with van der Waals surface area (Å²) in [5.41, 5.74) is 3.50. The quantitative estimate of drug-likeness (QED) is 0.467. The van der Waals surface area contributed by atoms with E-state index in [-0.39, 0.29) is 0 Å². The predicted octanol–water partition coefficient (Wildman–Crippen LogP) is 3.20. The largest absolute Gasteiger partial charge is 0.496 e. The first kappa shape index (κ1) is 19.5. The van der Waals surface area contributed by atoms with Gasteiger partial charge in [-0.3, -0.25) is 0 Å². The second-order valence-electron chi connectivity index (χ2n) is 6.42. The lowest BCUT2D eigenvalue weighted by atomic mass is 10.1. The molecule has 0 aliphatic heterocycles. The Morgan fingerprint density at radius 1 is 1.11 bits per heavy atom. The van der Waals surface area contributed by atoms with Crippen LogP contribution in [0.15, 0.2) is 72.2 Å². The Kier molecular flexibility index (Phi) is 7.07. The van der Waals surface area contributed by atoms with Gasteiger partial charge in [-0.2, -0.15) is 0 Å². The zero-order valence-electron chi connectivity index (χ0n) is 16.4. The van der Waals surface area contributed by atoms with Crippen LogP contribution >= 0.6 is 0 Å². The number of benzene rings is 2. The minimum atomic E-state index is 0.610. The molecule has 1 aromatic heterocycles. The van der Waals surface area contributed by atoms with E-state index in [1.807, 2.05) is 30.7 Å². The number of guanidine groups is 1. The number of methoxy groups -OCH3 is 1. The SMILES string of the molecule is CCNC(=NCc1cccc(Cn2ccnc2)c1)NCc1ccccc1OC. The average Bonchev–Trinajstić information content (AvgIpc) is 3.23. The van der Waals surface area contributed by atoms with Crippen molar-refractivity contribution in [2.75, 3.05) is 13.7 Å². The number of imidazole rings is 1. The third kappa shape index (κ3) is 5.61. The van der Waals surface area contributed by atoms with Crippen molar-refractivity contribution < 1.29 is 4.74 Å². The molecule has 0 fully saturated rings. The number of nitrogens with one attached hydrogen (secondary N) is 2. The highest BCUT2D eigenvalue weighted by Gasteiger charge is 2.04. The first-order chi connectivity index (χ1) is 13.8. The smallest absolute Gasteiger partial charge is 0.191 e. The van der Waals surface area contributed by atoms with Crippen LogP contribution in [0, 0.1) is 0 Å². The molecule has 1 heterocycles. The number of hydrogen-bond donors (Lipinski definition) is 2. The fourth-order valence-corrected chi connectivity index (χ4v) is 2.96. The Bertz CT molecular complexity index is 889. The topological polar surface area (TPSA) is 63.5 Å². The average molecular weight is 377 g/mol. The van der Waals surface area contributed by atoms with Crippen molar-refractivity contribution in [2.24, 2.45) is 4.99 Å². The molecule has 0 atom stereocenters. The van der Waals surface area contributed by atoms with E-state index in [0.717, 1.165) is 30.4 Å². The normalized spacial score (nSPS) is 11.3. The van der Waals surface area contributed by atoms with Gasteiger partial charge in [-0.15, -0.1) is 0 Å². The van der Waals surface area contributed by atoms with Crippen molar-refractivity contribution in [1.29, 1.82) is 0 Å². The van der Waals surface area contributed by atoms with Crippen LogP contribution in [0.4, 0.5) is 0 Å². The van der Waals surface area contributed by atoms with Gasteiger partial charge in [0, 0.05) is 37.6 Å². The number of hydrogen-bond acceptors (Lipinski definition) is 3. The molecule has 0 unspecified atom stereocenters. The summed E-state index contributed by atoms with van der Waals surface area (Å²) in [5.74, 6) is 1.66. The van der Waals surface area contributed by atoms with Crippen LogP contribution in [-0.4, -0.2) is 29.2 Å². The molecular weight excluding hydrogens is 350 g/mol. The maximum absolute atomic E-state index is 5.42. The summed E-state index contributed by atoms with van der Waals surface area (Å²) in [4.78, 5) is 8.82. The Morgan fingerprint density at radius 2 is 1.96 bits per heavy atom. The fourth-order valence-electron chi connectivity index (χ4n) is 2.96. The standard InChI is InChI=1S/C22H27N5O/c1-3-24-22(26-15-20-9-4-5-10-21(20)28-2)25-14-18-7-6-8-19(13-18)16-27-12-11-23-17-27/h4-13,17H,3,14-16H2,1-2H3,(H2,24,25,26). The maximum atomic E-state index is 5.42. The van der Waals surface area contributed by atoms with Gasteiger partial charge in [-0.1, -0.05) is 42.5 Å². The van der Waals surface area contributed by atoms with E-state index in [1.165, 1.54) is 11.1 Å². The van der Waals surface area contributed by atoms with E-state index in [1.54, 1.807) is 13.3 Å². The van der Waals surface area contributed by atoms with Crippen LogP contribution in [-0.2, 0) is 19.6 Å². The van der Waals surface area contributed by atoms with Crippen molar-refractivity contribution >= 4 is 5.96 Å². The first-order valence-electron chi connectivity index (χ1n) is 9.46.